The van der Waals surface area contributed by atoms with Crippen LogP contribution in [-0.2, 0) is 6.42 Å². The molecule has 15 heavy (non-hydrogen) atoms. The lowest BCUT2D eigenvalue weighted by Crippen LogP contribution is -2.29. The molecular weight excluding hydrogens is 189 g/mol. The van der Waals surface area contributed by atoms with Gasteiger partial charge < -0.3 is 5.32 Å². The Hall–Kier alpha value is -0.890. The second kappa shape index (κ2) is 4.31. The number of aryl methyl sites for hydroxylation is 1. The molecule has 2 heteroatoms. The molecule has 1 aromatic carbocycles. The smallest absolute Gasteiger partial charge is 0.126 e. The fourth-order valence-corrected chi connectivity index (χ4v) is 1.90. The van der Waals surface area contributed by atoms with Gasteiger partial charge in [0.15, 0.2) is 0 Å². The van der Waals surface area contributed by atoms with Crippen LogP contribution in [-0.4, -0.2) is 12.1 Å². The number of rotatable bonds is 4. The van der Waals surface area contributed by atoms with Crippen LogP contribution < -0.4 is 5.32 Å². The first-order chi connectivity index (χ1) is 7.15. The minimum atomic E-state index is -0.110. The minimum absolute atomic E-state index is 0.110. The molecule has 82 valence electrons. The molecule has 1 unspecified atom stereocenters. The first kappa shape index (κ1) is 10.6. The SMILES string of the molecule is Cc1cc(CC(C)NC2CC2)ccc1F. The summed E-state index contributed by atoms with van der Waals surface area (Å²) in [6.45, 7) is 4.01. The monoisotopic (exact) mass is 207 g/mol. The van der Waals surface area contributed by atoms with Crippen molar-refractivity contribution < 1.29 is 4.39 Å². The van der Waals surface area contributed by atoms with Crippen molar-refractivity contribution in [2.75, 3.05) is 0 Å². The number of benzene rings is 1. The lowest BCUT2D eigenvalue weighted by atomic mass is 10.0. The third-order valence-corrected chi connectivity index (χ3v) is 2.86. The molecule has 1 N–H and O–H groups in total. The van der Waals surface area contributed by atoms with Crippen molar-refractivity contribution in [1.82, 2.24) is 5.32 Å². The van der Waals surface area contributed by atoms with Crippen molar-refractivity contribution >= 4 is 0 Å². The van der Waals surface area contributed by atoms with E-state index < -0.39 is 0 Å². The summed E-state index contributed by atoms with van der Waals surface area (Å²) < 4.78 is 13.0. The topological polar surface area (TPSA) is 12.0 Å². The fourth-order valence-electron chi connectivity index (χ4n) is 1.90. The van der Waals surface area contributed by atoms with Crippen molar-refractivity contribution in [2.24, 2.45) is 0 Å². The van der Waals surface area contributed by atoms with Crippen LogP contribution in [0.4, 0.5) is 4.39 Å². The van der Waals surface area contributed by atoms with E-state index >= 15 is 0 Å². The van der Waals surface area contributed by atoms with Crippen molar-refractivity contribution in [2.45, 2.75) is 45.2 Å². The summed E-state index contributed by atoms with van der Waals surface area (Å²) in [7, 11) is 0. The van der Waals surface area contributed by atoms with Gasteiger partial charge in [0.2, 0.25) is 0 Å². The minimum Gasteiger partial charge on any atom is -0.311 e. The van der Waals surface area contributed by atoms with Gasteiger partial charge in [-0.3, -0.25) is 0 Å². The lowest BCUT2D eigenvalue weighted by molar-refractivity contribution is 0.541. The van der Waals surface area contributed by atoms with E-state index in [1.54, 1.807) is 6.07 Å². The average Bonchev–Trinajstić information content (AvgIpc) is 2.95. The molecule has 0 spiro atoms. The van der Waals surface area contributed by atoms with E-state index in [1.807, 2.05) is 19.1 Å². The van der Waals surface area contributed by atoms with Crippen LogP contribution in [0.3, 0.4) is 0 Å². The molecule has 0 aliphatic heterocycles. The van der Waals surface area contributed by atoms with E-state index in [1.165, 1.54) is 18.4 Å². The standard InChI is InChI=1S/C13H18FN/c1-9-7-11(3-6-13(9)14)8-10(2)15-12-4-5-12/h3,6-7,10,12,15H,4-5,8H2,1-2H3. The molecular formula is C13H18FN. The molecule has 1 nitrogen and oxygen atoms in total. The van der Waals surface area contributed by atoms with Crippen LogP contribution in [0.5, 0.6) is 0 Å². The highest BCUT2D eigenvalue weighted by atomic mass is 19.1. The molecule has 0 amide bonds. The second-order valence-corrected chi connectivity index (χ2v) is 4.63. The van der Waals surface area contributed by atoms with Gasteiger partial charge in [-0.2, -0.15) is 0 Å². The maximum absolute atomic E-state index is 13.0. The second-order valence-electron chi connectivity index (χ2n) is 4.63. The van der Waals surface area contributed by atoms with Crippen molar-refractivity contribution in [3.63, 3.8) is 0 Å². The summed E-state index contributed by atoms with van der Waals surface area (Å²) in [6.07, 6.45) is 3.61. The Morgan fingerprint density at radius 3 is 2.80 bits per heavy atom. The zero-order chi connectivity index (χ0) is 10.8. The van der Waals surface area contributed by atoms with Crippen LogP contribution in [0.2, 0.25) is 0 Å². The summed E-state index contributed by atoms with van der Waals surface area (Å²) >= 11 is 0. The first-order valence-electron chi connectivity index (χ1n) is 5.66. The van der Waals surface area contributed by atoms with E-state index in [4.69, 9.17) is 0 Å². The predicted octanol–water partition coefficient (Wildman–Crippen LogP) is 2.82. The Kier molecular flexibility index (Phi) is 3.06. The molecule has 2 rings (SSSR count). The van der Waals surface area contributed by atoms with Gasteiger partial charge in [0, 0.05) is 12.1 Å². The summed E-state index contributed by atoms with van der Waals surface area (Å²) in [5, 5.41) is 3.54. The number of halogens is 1. The largest absolute Gasteiger partial charge is 0.311 e. The fraction of sp³-hybridized carbons (Fsp3) is 0.538. The van der Waals surface area contributed by atoms with Crippen LogP contribution in [0.1, 0.15) is 30.9 Å². The summed E-state index contributed by atoms with van der Waals surface area (Å²) in [6, 6.07) is 6.62. The van der Waals surface area contributed by atoms with Gasteiger partial charge in [0.25, 0.3) is 0 Å². The summed E-state index contributed by atoms with van der Waals surface area (Å²) in [4.78, 5) is 0. The Balaban J connectivity index is 1.93. The first-order valence-corrected chi connectivity index (χ1v) is 5.66. The van der Waals surface area contributed by atoms with Gasteiger partial charge in [-0.05, 0) is 50.3 Å². The normalized spacial score (nSPS) is 17.8. The lowest BCUT2D eigenvalue weighted by Gasteiger charge is -2.13. The Morgan fingerprint density at radius 2 is 2.20 bits per heavy atom. The van der Waals surface area contributed by atoms with E-state index in [0.717, 1.165) is 18.0 Å². The average molecular weight is 207 g/mol. The maximum atomic E-state index is 13.0. The van der Waals surface area contributed by atoms with Gasteiger partial charge in [0.05, 0.1) is 0 Å². The quantitative estimate of drug-likeness (QED) is 0.800. The molecule has 0 radical (unpaired) electrons. The number of nitrogens with one attached hydrogen (secondary N) is 1. The van der Waals surface area contributed by atoms with Crippen LogP contribution in [0.25, 0.3) is 0 Å². The third kappa shape index (κ3) is 3.03. The highest BCUT2D eigenvalue weighted by molar-refractivity contribution is 5.24. The molecule has 1 aliphatic carbocycles. The van der Waals surface area contributed by atoms with E-state index in [2.05, 4.69) is 12.2 Å². The molecule has 1 aromatic rings. The summed E-state index contributed by atoms with van der Waals surface area (Å²) in [5.41, 5.74) is 1.96. The Bertz CT molecular complexity index is 344. The number of hydrogen-bond donors (Lipinski definition) is 1. The molecule has 1 fully saturated rings. The molecule has 0 saturated heterocycles. The van der Waals surface area contributed by atoms with Crippen LogP contribution in [0, 0.1) is 12.7 Å². The zero-order valence-corrected chi connectivity index (χ0v) is 9.39. The highest BCUT2D eigenvalue weighted by Crippen LogP contribution is 2.20. The predicted molar refractivity (Wildman–Crippen MR) is 60.5 cm³/mol. The number of hydrogen-bond acceptors (Lipinski definition) is 1. The van der Waals surface area contributed by atoms with Gasteiger partial charge in [-0.25, -0.2) is 4.39 Å². The maximum Gasteiger partial charge on any atom is 0.126 e. The van der Waals surface area contributed by atoms with Crippen molar-refractivity contribution in [3.05, 3.63) is 35.1 Å². The zero-order valence-electron chi connectivity index (χ0n) is 9.39. The van der Waals surface area contributed by atoms with E-state index in [0.29, 0.717) is 6.04 Å². The molecule has 0 heterocycles. The Morgan fingerprint density at radius 1 is 1.47 bits per heavy atom. The van der Waals surface area contributed by atoms with Gasteiger partial charge >= 0.3 is 0 Å². The molecule has 0 bridgehead atoms. The molecule has 1 aliphatic rings. The van der Waals surface area contributed by atoms with E-state index in [9.17, 15) is 4.39 Å². The van der Waals surface area contributed by atoms with Crippen molar-refractivity contribution in [1.29, 1.82) is 0 Å². The molecule has 1 atom stereocenters. The Labute approximate surface area is 90.7 Å². The van der Waals surface area contributed by atoms with Gasteiger partial charge in [0.1, 0.15) is 5.82 Å². The van der Waals surface area contributed by atoms with Gasteiger partial charge in [-0.1, -0.05) is 12.1 Å². The third-order valence-electron chi connectivity index (χ3n) is 2.86. The summed E-state index contributed by atoms with van der Waals surface area (Å²) in [5.74, 6) is -0.110. The molecule has 1 saturated carbocycles. The van der Waals surface area contributed by atoms with E-state index in [-0.39, 0.29) is 5.82 Å². The van der Waals surface area contributed by atoms with Crippen LogP contribution in [0.15, 0.2) is 18.2 Å². The van der Waals surface area contributed by atoms with Gasteiger partial charge in [-0.15, -0.1) is 0 Å². The van der Waals surface area contributed by atoms with Crippen LogP contribution >= 0.6 is 0 Å². The van der Waals surface area contributed by atoms with Crippen molar-refractivity contribution in [3.8, 4) is 0 Å². The molecule has 0 aromatic heterocycles. The highest BCUT2D eigenvalue weighted by Gasteiger charge is 2.22.